The summed E-state index contributed by atoms with van der Waals surface area (Å²) in [5, 5.41) is 7.64. The SMILES string of the molecule is Cc1cc(-c2cnc(NCC3CCCO3)nc2)nc2cnn(CCCC(N)=O)c12. The number of nitrogens with one attached hydrogen (secondary N) is 1. The van der Waals surface area contributed by atoms with E-state index in [0.29, 0.717) is 25.3 Å². The fourth-order valence-corrected chi connectivity index (χ4v) is 3.58. The van der Waals surface area contributed by atoms with E-state index in [4.69, 9.17) is 15.5 Å². The lowest BCUT2D eigenvalue weighted by Crippen LogP contribution is -2.19. The molecule has 0 aromatic carbocycles. The highest BCUT2D eigenvalue weighted by Gasteiger charge is 2.15. The van der Waals surface area contributed by atoms with Gasteiger partial charge in [-0.25, -0.2) is 15.0 Å². The largest absolute Gasteiger partial charge is 0.376 e. The van der Waals surface area contributed by atoms with Crippen LogP contribution in [-0.4, -0.2) is 49.9 Å². The van der Waals surface area contributed by atoms with Crippen molar-refractivity contribution in [2.24, 2.45) is 5.73 Å². The molecule has 152 valence electrons. The second-order valence-electron chi connectivity index (χ2n) is 7.31. The van der Waals surface area contributed by atoms with Crippen molar-refractivity contribution in [2.45, 2.75) is 45.3 Å². The number of anilines is 1. The maximum absolute atomic E-state index is 10.9. The fourth-order valence-electron chi connectivity index (χ4n) is 3.58. The molecule has 1 fully saturated rings. The van der Waals surface area contributed by atoms with Crippen LogP contribution in [0.3, 0.4) is 0 Å². The number of aryl methyl sites for hydroxylation is 2. The number of fused-ring (bicyclic) bond motifs is 1. The van der Waals surface area contributed by atoms with Gasteiger partial charge in [-0.3, -0.25) is 9.48 Å². The van der Waals surface area contributed by atoms with E-state index in [0.717, 1.165) is 53.8 Å². The molecule has 29 heavy (non-hydrogen) atoms. The summed E-state index contributed by atoms with van der Waals surface area (Å²) in [4.78, 5) is 24.5. The molecule has 0 bridgehead atoms. The highest BCUT2D eigenvalue weighted by molar-refractivity contribution is 5.81. The van der Waals surface area contributed by atoms with Crippen molar-refractivity contribution in [3.8, 4) is 11.3 Å². The maximum atomic E-state index is 10.9. The van der Waals surface area contributed by atoms with E-state index >= 15 is 0 Å². The van der Waals surface area contributed by atoms with Gasteiger partial charge in [0.15, 0.2) is 0 Å². The molecule has 1 atom stereocenters. The number of carbonyl (C=O) groups excluding carboxylic acids is 1. The topological polar surface area (TPSA) is 121 Å². The summed E-state index contributed by atoms with van der Waals surface area (Å²) in [5.74, 6) is 0.289. The predicted octanol–water partition coefficient (Wildman–Crippen LogP) is 2.05. The number of pyridine rings is 1. The van der Waals surface area contributed by atoms with Gasteiger partial charge in [0, 0.05) is 44.1 Å². The molecule has 0 spiro atoms. The molecular weight excluding hydrogens is 370 g/mol. The van der Waals surface area contributed by atoms with Gasteiger partial charge < -0.3 is 15.8 Å². The first-order valence-electron chi connectivity index (χ1n) is 9.89. The third-order valence-corrected chi connectivity index (χ3v) is 5.04. The lowest BCUT2D eigenvalue weighted by atomic mass is 10.1. The molecule has 3 aromatic heterocycles. The summed E-state index contributed by atoms with van der Waals surface area (Å²) >= 11 is 0. The molecule has 9 heteroatoms. The Kier molecular flexibility index (Phi) is 5.66. The van der Waals surface area contributed by atoms with Gasteiger partial charge in [-0.15, -0.1) is 0 Å². The van der Waals surface area contributed by atoms with E-state index < -0.39 is 0 Å². The van der Waals surface area contributed by atoms with Crippen molar-refractivity contribution >= 4 is 22.9 Å². The van der Waals surface area contributed by atoms with E-state index in [-0.39, 0.29) is 12.0 Å². The van der Waals surface area contributed by atoms with Crippen LogP contribution in [0.2, 0.25) is 0 Å². The van der Waals surface area contributed by atoms with Crippen LogP contribution in [0.4, 0.5) is 5.95 Å². The van der Waals surface area contributed by atoms with Crippen molar-refractivity contribution in [2.75, 3.05) is 18.5 Å². The first kappa shape index (κ1) is 19.3. The zero-order chi connectivity index (χ0) is 20.2. The summed E-state index contributed by atoms with van der Waals surface area (Å²) in [7, 11) is 0. The molecule has 0 saturated carbocycles. The zero-order valence-electron chi connectivity index (χ0n) is 16.5. The molecule has 3 N–H and O–H groups in total. The zero-order valence-corrected chi connectivity index (χ0v) is 16.5. The van der Waals surface area contributed by atoms with Crippen molar-refractivity contribution < 1.29 is 9.53 Å². The van der Waals surface area contributed by atoms with E-state index in [9.17, 15) is 4.79 Å². The molecule has 1 unspecified atom stereocenters. The summed E-state index contributed by atoms with van der Waals surface area (Å²) in [6, 6.07) is 2.01. The lowest BCUT2D eigenvalue weighted by molar-refractivity contribution is -0.118. The molecule has 1 aliphatic heterocycles. The van der Waals surface area contributed by atoms with Gasteiger partial charge in [-0.05, 0) is 37.8 Å². The van der Waals surface area contributed by atoms with E-state index in [2.05, 4.69) is 20.4 Å². The molecule has 3 aromatic rings. The number of amides is 1. The normalized spacial score (nSPS) is 16.4. The Morgan fingerprint density at radius 3 is 2.90 bits per heavy atom. The molecule has 0 radical (unpaired) electrons. The third-order valence-electron chi connectivity index (χ3n) is 5.04. The van der Waals surface area contributed by atoms with Crippen molar-refractivity contribution in [3.05, 3.63) is 30.2 Å². The maximum Gasteiger partial charge on any atom is 0.222 e. The highest BCUT2D eigenvalue weighted by Crippen LogP contribution is 2.24. The molecular formula is C20H25N7O2. The number of hydrogen-bond acceptors (Lipinski definition) is 7. The van der Waals surface area contributed by atoms with Gasteiger partial charge >= 0.3 is 0 Å². The summed E-state index contributed by atoms with van der Waals surface area (Å²) in [6.45, 7) is 4.21. The van der Waals surface area contributed by atoms with Gasteiger partial charge in [-0.2, -0.15) is 5.10 Å². The summed E-state index contributed by atoms with van der Waals surface area (Å²) in [5.41, 5.74) is 9.70. The highest BCUT2D eigenvalue weighted by atomic mass is 16.5. The van der Waals surface area contributed by atoms with Crippen LogP contribution in [0.1, 0.15) is 31.2 Å². The minimum absolute atomic E-state index is 0.240. The Balaban J connectivity index is 1.48. The second kappa shape index (κ2) is 8.52. The van der Waals surface area contributed by atoms with Crippen molar-refractivity contribution in [1.82, 2.24) is 24.7 Å². The van der Waals surface area contributed by atoms with Gasteiger partial charge in [0.2, 0.25) is 11.9 Å². The molecule has 1 saturated heterocycles. The number of rotatable bonds is 8. The second-order valence-corrected chi connectivity index (χ2v) is 7.31. The minimum atomic E-state index is -0.299. The number of ether oxygens (including phenoxy) is 1. The minimum Gasteiger partial charge on any atom is -0.376 e. The van der Waals surface area contributed by atoms with Crippen LogP contribution < -0.4 is 11.1 Å². The third kappa shape index (κ3) is 4.51. The summed E-state index contributed by atoms with van der Waals surface area (Å²) in [6.07, 6.45) is 8.72. The van der Waals surface area contributed by atoms with Gasteiger partial charge in [0.1, 0.15) is 5.52 Å². The first-order chi connectivity index (χ1) is 14.1. The van der Waals surface area contributed by atoms with E-state index in [1.807, 2.05) is 17.7 Å². The quantitative estimate of drug-likeness (QED) is 0.599. The smallest absolute Gasteiger partial charge is 0.222 e. The fraction of sp³-hybridized carbons (Fsp3) is 0.450. The Morgan fingerprint density at radius 1 is 1.34 bits per heavy atom. The van der Waals surface area contributed by atoms with Crippen LogP contribution in [0.25, 0.3) is 22.3 Å². The molecule has 4 heterocycles. The van der Waals surface area contributed by atoms with Crippen LogP contribution in [0.5, 0.6) is 0 Å². The van der Waals surface area contributed by atoms with Crippen molar-refractivity contribution in [1.29, 1.82) is 0 Å². The number of aromatic nitrogens is 5. The van der Waals surface area contributed by atoms with E-state index in [1.54, 1.807) is 18.6 Å². The molecule has 1 aliphatic rings. The Morgan fingerprint density at radius 2 is 2.17 bits per heavy atom. The number of hydrogen-bond donors (Lipinski definition) is 2. The monoisotopic (exact) mass is 395 g/mol. The van der Waals surface area contributed by atoms with E-state index in [1.165, 1.54) is 0 Å². The van der Waals surface area contributed by atoms with Crippen LogP contribution in [0, 0.1) is 6.92 Å². The van der Waals surface area contributed by atoms with Gasteiger partial charge in [0.05, 0.1) is 23.5 Å². The molecule has 4 rings (SSSR count). The standard InChI is InChI=1S/C20H25N7O2/c1-13-8-16(26-17-12-25-27(19(13)17)6-2-5-18(21)28)14-9-22-20(23-10-14)24-11-15-4-3-7-29-15/h8-10,12,15H,2-7,11H2,1H3,(H2,21,28)(H,22,23,24). The first-order valence-corrected chi connectivity index (χ1v) is 9.89. The number of nitrogens with zero attached hydrogens (tertiary/aromatic N) is 5. The van der Waals surface area contributed by atoms with Gasteiger partial charge in [-0.1, -0.05) is 0 Å². The molecule has 9 nitrogen and oxygen atoms in total. The van der Waals surface area contributed by atoms with Crippen LogP contribution in [-0.2, 0) is 16.1 Å². The Labute approximate surface area is 168 Å². The summed E-state index contributed by atoms with van der Waals surface area (Å²) < 4.78 is 7.48. The predicted molar refractivity (Wildman–Crippen MR) is 109 cm³/mol. The van der Waals surface area contributed by atoms with Gasteiger partial charge in [0.25, 0.3) is 0 Å². The average Bonchev–Trinajstić information content (AvgIpc) is 3.37. The van der Waals surface area contributed by atoms with Crippen LogP contribution >= 0.6 is 0 Å². The Bertz CT molecular complexity index is 994. The molecule has 1 amide bonds. The number of nitrogens with two attached hydrogens (primary N) is 1. The Hall–Kier alpha value is -3.07. The number of primary amides is 1. The van der Waals surface area contributed by atoms with Crippen LogP contribution in [0.15, 0.2) is 24.7 Å². The molecule has 0 aliphatic carbocycles. The number of carbonyl (C=O) groups is 1. The lowest BCUT2D eigenvalue weighted by Gasteiger charge is -2.11. The van der Waals surface area contributed by atoms with Crippen molar-refractivity contribution in [3.63, 3.8) is 0 Å². The average molecular weight is 395 g/mol.